The molecule has 0 bridgehead atoms. The van der Waals surface area contributed by atoms with E-state index in [-0.39, 0.29) is 0 Å². The predicted octanol–water partition coefficient (Wildman–Crippen LogP) is 1.67. The van der Waals surface area contributed by atoms with Crippen LogP contribution >= 0.6 is 0 Å². The van der Waals surface area contributed by atoms with E-state index in [2.05, 4.69) is 23.8 Å². The molecule has 2 aliphatic heterocycles. The van der Waals surface area contributed by atoms with Crippen molar-refractivity contribution >= 4 is 0 Å². The Balaban J connectivity index is 2.11. The van der Waals surface area contributed by atoms with Gasteiger partial charge in [-0.2, -0.15) is 0 Å². The Kier molecular flexibility index (Phi) is 4.45. The molecule has 2 fully saturated rings. The molecule has 100 valence electrons. The highest BCUT2D eigenvalue weighted by molar-refractivity contribution is 4.99. The Morgan fingerprint density at radius 3 is 2.71 bits per heavy atom. The number of nitrogens with zero attached hydrogens (tertiary/aromatic N) is 2. The zero-order valence-electron chi connectivity index (χ0n) is 11.6. The van der Waals surface area contributed by atoms with Gasteiger partial charge in [0.2, 0.25) is 0 Å². The van der Waals surface area contributed by atoms with Crippen LogP contribution in [-0.4, -0.2) is 54.6 Å². The molecule has 0 saturated carbocycles. The second-order valence-electron chi connectivity index (χ2n) is 5.98. The van der Waals surface area contributed by atoms with Crippen molar-refractivity contribution < 1.29 is 0 Å². The van der Waals surface area contributed by atoms with Gasteiger partial charge in [0.05, 0.1) is 0 Å². The first-order valence-electron chi connectivity index (χ1n) is 7.37. The standard InChI is InChI=1S/C14H29N3/c1-3-13-6-4-10-17(13)14(12-15)7-5-9-16(2)11-8-14/h13H,3-12,15H2,1-2H3. The molecule has 2 heterocycles. The van der Waals surface area contributed by atoms with Gasteiger partial charge in [0.1, 0.15) is 0 Å². The van der Waals surface area contributed by atoms with Gasteiger partial charge in [-0.1, -0.05) is 6.92 Å². The average molecular weight is 239 g/mol. The smallest absolute Gasteiger partial charge is 0.0347 e. The van der Waals surface area contributed by atoms with Crippen molar-refractivity contribution in [2.75, 3.05) is 33.2 Å². The maximum absolute atomic E-state index is 6.19. The molecule has 0 radical (unpaired) electrons. The number of rotatable bonds is 3. The highest BCUT2D eigenvalue weighted by Crippen LogP contribution is 2.35. The van der Waals surface area contributed by atoms with Crippen molar-refractivity contribution in [3.05, 3.63) is 0 Å². The molecular formula is C14H29N3. The zero-order valence-corrected chi connectivity index (χ0v) is 11.6. The largest absolute Gasteiger partial charge is 0.329 e. The molecule has 0 aromatic rings. The summed E-state index contributed by atoms with van der Waals surface area (Å²) in [4.78, 5) is 5.24. The number of nitrogens with two attached hydrogens (primary N) is 1. The molecule has 0 aromatic carbocycles. The van der Waals surface area contributed by atoms with Gasteiger partial charge in [-0.25, -0.2) is 0 Å². The lowest BCUT2D eigenvalue weighted by atomic mass is 9.87. The van der Waals surface area contributed by atoms with Crippen LogP contribution in [0.3, 0.4) is 0 Å². The van der Waals surface area contributed by atoms with E-state index >= 15 is 0 Å². The number of hydrogen-bond acceptors (Lipinski definition) is 3. The molecule has 2 atom stereocenters. The monoisotopic (exact) mass is 239 g/mol. The second-order valence-corrected chi connectivity index (χ2v) is 5.98. The SMILES string of the molecule is CCC1CCCN1C1(CN)CCCN(C)CC1. The number of hydrogen-bond donors (Lipinski definition) is 1. The van der Waals surface area contributed by atoms with E-state index in [0.717, 1.165) is 12.6 Å². The quantitative estimate of drug-likeness (QED) is 0.813. The molecule has 0 amide bonds. The van der Waals surface area contributed by atoms with Gasteiger partial charge in [0, 0.05) is 18.1 Å². The van der Waals surface area contributed by atoms with Gasteiger partial charge in [0.15, 0.2) is 0 Å². The third kappa shape index (κ3) is 2.67. The Labute approximate surface area is 106 Å². The molecular weight excluding hydrogens is 210 g/mol. The molecule has 0 aromatic heterocycles. The van der Waals surface area contributed by atoms with Gasteiger partial charge in [-0.3, -0.25) is 4.90 Å². The minimum Gasteiger partial charge on any atom is -0.329 e. The molecule has 3 nitrogen and oxygen atoms in total. The average Bonchev–Trinajstić information content (AvgIpc) is 2.74. The third-order valence-corrected chi connectivity index (χ3v) is 4.98. The van der Waals surface area contributed by atoms with Crippen molar-refractivity contribution in [3.63, 3.8) is 0 Å². The third-order valence-electron chi connectivity index (χ3n) is 4.98. The summed E-state index contributed by atoms with van der Waals surface area (Å²) >= 11 is 0. The lowest BCUT2D eigenvalue weighted by Crippen LogP contribution is -2.56. The predicted molar refractivity (Wildman–Crippen MR) is 73.2 cm³/mol. The van der Waals surface area contributed by atoms with E-state index in [1.54, 1.807) is 0 Å². The minimum atomic E-state index is 0.307. The first kappa shape index (κ1) is 13.3. The maximum Gasteiger partial charge on any atom is 0.0347 e. The molecule has 17 heavy (non-hydrogen) atoms. The van der Waals surface area contributed by atoms with E-state index in [1.165, 1.54) is 58.2 Å². The maximum atomic E-state index is 6.19. The van der Waals surface area contributed by atoms with Crippen molar-refractivity contribution in [2.45, 2.75) is 57.0 Å². The van der Waals surface area contributed by atoms with Crippen molar-refractivity contribution in [2.24, 2.45) is 5.73 Å². The van der Waals surface area contributed by atoms with Gasteiger partial charge >= 0.3 is 0 Å². The second kappa shape index (κ2) is 5.68. The molecule has 2 rings (SSSR count). The lowest BCUT2D eigenvalue weighted by molar-refractivity contribution is 0.0642. The zero-order chi connectivity index (χ0) is 12.3. The summed E-state index contributed by atoms with van der Waals surface area (Å²) in [6.45, 7) is 6.91. The van der Waals surface area contributed by atoms with Gasteiger partial charge in [0.25, 0.3) is 0 Å². The highest BCUT2D eigenvalue weighted by atomic mass is 15.3. The Morgan fingerprint density at radius 2 is 2.00 bits per heavy atom. The van der Waals surface area contributed by atoms with Gasteiger partial charge in [-0.05, 0) is 65.2 Å². The first-order valence-corrected chi connectivity index (χ1v) is 7.37. The summed E-state index contributed by atoms with van der Waals surface area (Å²) in [5.41, 5.74) is 6.50. The summed E-state index contributed by atoms with van der Waals surface area (Å²) in [5, 5.41) is 0. The number of likely N-dealkylation sites (tertiary alicyclic amines) is 2. The minimum absolute atomic E-state index is 0.307. The molecule has 2 aliphatic rings. The molecule has 3 heteroatoms. The first-order chi connectivity index (χ1) is 8.22. The fourth-order valence-electron chi connectivity index (χ4n) is 3.81. The fraction of sp³-hybridized carbons (Fsp3) is 1.00. The van der Waals surface area contributed by atoms with Gasteiger partial charge in [-0.15, -0.1) is 0 Å². The van der Waals surface area contributed by atoms with E-state index < -0.39 is 0 Å². The van der Waals surface area contributed by atoms with Crippen LogP contribution in [0.2, 0.25) is 0 Å². The van der Waals surface area contributed by atoms with Gasteiger partial charge < -0.3 is 10.6 Å². The van der Waals surface area contributed by atoms with Crippen LogP contribution in [0.25, 0.3) is 0 Å². The Bertz CT molecular complexity index is 244. The molecule has 2 saturated heterocycles. The highest BCUT2D eigenvalue weighted by Gasteiger charge is 2.41. The van der Waals surface area contributed by atoms with Crippen LogP contribution in [0.1, 0.15) is 45.4 Å². The van der Waals surface area contributed by atoms with Crippen LogP contribution in [0.4, 0.5) is 0 Å². The van der Waals surface area contributed by atoms with Crippen LogP contribution < -0.4 is 5.73 Å². The van der Waals surface area contributed by atoms with E-state index in [9.17, 15) is 0 Å². The molecule has 2 N–H and O–H groups in total. The van der Waals surface area contributed by atoms with Crippen LogP contribution in [0, 0.1) is 0 Å². The topological polar surface area (TPSA) is 32.5 Å². The van der Waals surface area contributed by atoms with Crippen LogP contribution in [0.5, 0.6) is 0 Å². The van der Waals surface area contributed by atoms with E-state index in [1.807, 2.05) is 0 Å². The summed E-state index contributed by atoms with van der Waals surface area (Å²) in [5.74, 6) is 0. The Hall–Kier alpha value is -0.120. The summed E-state index contributed by atoms with van der Waals surface area (Å²) in [6, 6.07) is 0.793. The lowest BCUT2D eigenvalue weighted by Gasteiger charge is -2.44. The molecule has 0 aliphatic carbocycles. The summed E-state index contributed by atoms with van der Waals surface area (Å²) < 4.78 is 0. The van der Waals surface area contributed by atoms with E-state index in [4.69, 9.17) is 5.73 Å². The summed E-state index contributed by atoms with van der Waals surface area (Å²) in [7, 11) is 2.24. The normalized spacial score (nSPS) is 37.2. The molecule has 0 spiro atoms. The van der Waals surface area contributed by atoms with Crippen molar-refractivity contribution in [1.82, 2.24) is 9.80 Å². The van der Waals surface area contributed by atoms with Crippen molar-refractivity contribution in [1.29, 1.82) is 0 Å². The van der Waals surface area contributed by atoms with E-state index in [0.29, 0.717) is 5.54 Å². The Morgan fingerprint density at radius 1 is 1.18 bits per heavy atom. The summed E-state index contributed by atoms with van der Waals surface area (Å²) in [6.07, 6.45) is 7.91. The molecule has 2 unspecified atom stereocenters. The van der Waals surface area contributed by atoms with Crippen LogP contribution in [-0.2, 0) is 0 Å². The van der Waals surface area contributed by atoms with Crippen LogP contribution in [0.15, 0.2) is 0 Å². The van der Waals surface area contributed by atoms with Crippen molar-refractivity contribution in [3.8, 4) is 0 Å². The fourth-order valence-corrected chi connectivity index (χ4v) is 3.81.